The third kappa shape index (κ3) is 8.09. The van der Waals surface area contributed by atoms with Crippen LogP contribution in [0.3, 0.4) is 0 Å². The van der Waals surface area contributed by atoms with E-state index in [1.165, 1.54) is 0 Å². The van der Waals surface area contributed by atoms with Crippen molar-refractivity contribution in [2.75, 3.05) is 5.32 Å². The molecular formula is C30H42BrN3O3Si2. The van der Waals surface area contributed by atoms with E-state index >= 15 is 0 Å². The summed E-state index contributed by atoms with van der Waals surface area (Å²) in [6.45, 7) is 19.3. The summed E-state index contributed by atoms with van der Waals surface area (Å²) in [4.78, 5) is 32.3. The molecule has 2 N–H and O–H groups in total. The van der Waals surface area contributed by atoms with Gasteiger partial charge in [0.15, 0.2) is 14.1 Å². The number of benzene rings is 2. The predicted molar refractivity (Wildman–Crippen MR) is 169 cm³/mol. The molecule has 3 aromatic rings. The number of anilines is 1. The molecule has 3 rings (SSSR count). The first-order valence-electron chi connectivity index (χ1n) is 13.3. The summed E-state index contributed by atoms with van der Waals surface area (Å²) in [6, 6.07) is 15.9. The van der Waals surface area contributed by atoms with Gasteiger partial charge in [0, 0.05) is 5.56 Å². The van der Waals surface area contributed by atoms with Crippen LogP contribution in [-0.2, 0) is 17.6 Å². The molecule has 1 heterocycles. The smallest absolute Gasteiger partial charge is 0.250 e. The number of halogens is 1. The molecule has 1 aromatic heterocycles. The van der Waals surface area contributed by atoms with Gasteiger partial charge in [-0.25, -0.2) is 9.97 Å². The number of nitrogens with zero attached hydrogens (tertiary/aromatic N) is 2. The van der Waals surface area contributed by atoms with Crippen LogP contribution in [0.15, 0.2) is 59.3 Å². The normalized spacial score (nSPS) is 12.8. The quantitative estimate of drug-likeness (QED) is 0.235. The molecule has 0 saturated carbocycles. The van der Waals surface area contributed by atoms with Crippen LogP contribution in [-0.4, -0.2) is 37.3 Å². The van der Waals surface area contributed by atoms with Gasteiger partial charge in [-0.15, -0.1) is 0 Å². The van der Waals surface area contributed by atoms with Gasteiger partial charge in [0.2, 0.25) is 14.2 Å². The molecular weight excluding hydrogens is 586 g/mol. The first-order valence-corrected chi connectivity index (χ1v) is 19.9. The molecule has 0 atom stereocenters. The minimum Gasteiger partial charge on any atom is -0.544 e. The lowest BCUT2D eigenvalue weighted by atomic mass is 10.00. The molecule has 0 radical (unpaired) electrons. The van der Waals surface area contributed by atoms with Crippen LogP contribution in [0.25, 0.3) is 11.3 Å². The van der Waals surface area contributed by atoms with Crippen molar-refractivity contribution in [1.29, 1.82) is 0 Å². The monoisotopic (exact) mass is 627 g/mol. The highest BCUT2D eigenvalue weighted by atomic mass is 79.9. The molecule has 2 aromatic carbocycles. The minimum atomic E-state index is -2.29. The highest BCUT2D eigenvalue weighted by molar-refractivity contribution is 9.10. The average molecular weight is 629 g/mol. The van der Waals surface area contributed by atoms with E-state index in [1.54, 1.807) is 6.20 Å². The van der Waals surface area contributed by atoms with Crippen LogP contribution >= 0.6 is 15.9 Å². The standard InChI is InChI=1S/C30H42BrN3O3Si2/c1-29(2,3)39(8,9)37-24-16-14-23(15-17-24)25-20-32-28(27(31)33-25)34-26(35)18-21-10-12-22(13-11-21)19-30(4,5)38(6,7)36/h10-17,20,36H,18-19H2,1-9H3,(H,32,34,35). The maximum absolute atomic E-state index is 12.7. The Balaban J connectivity index is 1.62. The van der Waals surface area contributed by atoms with Crippen molar-refractivity contribution in [2.24, 2.45) is 0 Å². The van der Waals surface area contributed by atoms with Gasteiger partial charge < -0.3 is 14.5 Å². The average Bonchev–Trinajstić information content (AvgIpc) is 2.80. The Bertz CT molecular complexity index is 1300. The van der Waals surface area contributed by atoms with Crippen molar-refractivity contribution in [3.63, 3.8) is 0 Å². The van der Waals surface area contributed by atoms with Crippen LogP contribution in [0.4, 0.5) is 5.82 Å². The topological polar surface area (TPSA) is 84.3 Å². The first kappa shape index (κ1) is 31.2. The molecule has 210 valence electrons. The number of nitrogens with one attached hydrogen (secondary N) is 1. The molecule has 0 bridgehead atoms. The van der Waals surface area contributed by atoms with E-state index in [2.05, 4.69) is 78.9 Å². The van der Waals surface area contributed by atoms with Crippen molar-refractivity contribution < 1.29 is 14.0 Å². The number of hydrogen-bond donors (Lipinski definition) is 2. The summed E-state index contributed by atoms with van der Waals surface area (Å²) >= 11 is 3.46. The van der Waals surface area contributed by atoms with E-state index in [0.717, 1.165) is 28.9 Å². The number of carbonyl (C=O) groups excluding carboxylic acids is 1. The van der Waals surface area contributed by atoms with Gasteiger partial charge in [0.1, 0.15) is 10.4 Å². The molecule has 0 saturated heterocycles. The van der Waals surface area contributed by atoms with Crippen molar-refractivity contribution in [3.05, 3.63) is 70.5 Å². The Hall–Kier alpha value is -2.34. The van der Waals surface area contributed by atoms with Crippen LogP contribution < -0.4 is 9.74 Å². The zero-order chi connectivity index (χ0) is 29.2. The van der Waals surface area contributed by atoms with Gasteiger partial charge in [-0.05, 0) is 94.0 Å². The van der Waals surface area contributed by atoms with Crippen molar-refractivity contribution >= 4 is 44.3 Å². The molecule has 9 heteroatoms. The largest absolute Gasteiger partial charge is 0.544 e. The van der Waals surface area contributed by atoms with E-state index < -0.39 is 16.6 Å². The number of hydrogen-bond acceptors (Lipinski definition) is 5. The fraction of sp³-hybridized carbons (Fsp3) is 0.433. The number of aromatic nitrogens is 2. The SMILES string of the molecule is CC(C)(Cc1ccc(CC(=O)Nc2ncc(-c3ccc(O[Si](C)(C)C(C)(C)C)cc3)nc2Br)cc1)[Si](C)(C)O. The number of amides is 1. The zero-order valence-corrected chi connectivity index (χ0v) is 28.2. The second-order valence-electron chi connectivity index (χ2n) is 12.9. The summed E-state index contributed by atoms with van der Waals surface area (Å²) in [5.74, 6) is 1.08. The molecule has 0 fully saturated rings. The van der Waals surface area contributed by atoms with Gasteiger partial charge in [-0.1, -0.05) is 58.9 Å². The Morgan fingerprint density at radius 3 is 2.03 bits per heavy atom. The molecule has 6 nitrogen and oxygen atoms in total. The van der Waals surface area contributed by atoms with E-state index in [0.29, 0.717) is 16.1 Å². The molecule has 0 spiro atoms. The Morgan fingerprint density at radius 1 is 0.949 bits per heavy atom. The maximum atomic E-state index is 12.7. The van der Waals surface area contributed by atoms with Gasteiger partial charge in [0.05, 0.1) is 18.3 Å². The fourth-order valence-corrected chi connectivity index (χ4v) is 5.65. The summed E-state index contributed by atoms with van der Waals surface area (Å²) in [5, 5.41) is 2.85. The molecule has 0 unspecified atom stereocenters. The highest BCUT2D eigenvalue weighted by Gasteiger charge is 2.39. The van der Waals surface area contributed by atoms with Crippen molar-refractivity contribution in [1.82, 2.24) is 9.97 Å². The molecule has 0 aliphatic rings. The summed E-state index contributed by atoms with van der Waals surface area (Å²) < 4.78 is 6.85. The predicted octanol–water partition coefficient (Wildman–Crippen LogP) is 7.99. The second kappa shape index (κ2) is 11.6. The number of carbonyl (C=O) groups is 1. The lowest BCUT2D eigenvalue weighted by molar-refractivity contribution is -0.115. The third-order valence-electron chi connectivity index (χ3n) is 8.01. The van der Waals surface area contributed by atoms with Gasteiger partial charge in [0.25, 0.3) is 0 Å². The number of rotatable bonds is 9. The van der Waals surface area contributed by atoms with E-state index in [4.69, 9.17) is 4.43 Å². The molecule has 39 heavy (non-hydrogen) atoms. The molecule has 0 aliphatic heterocycles. The van der Waals surface area contributed by atoms with Crippen molar-refractivity contribution in [2.45, 2.75) is 83.7 Å². The van der Waals surface area contributed by atoms with E-state index in [1.807, 2.05) is 61.6 Å². The van der Waals surface area contributed by atoms with Crippen LogP contribution in [0.5, 0.6) is 5.75 Å². The summed E-state index contributed by atoms with van der Waals surface area (Å²) in [5.41, 5.74) is 3.68. The maximum Gasteiger partial charge on any atom is 0.250 e. The highest BCUT2D eigenvalue weighted by Crippen LogP contribution is 2.39. The lowest BCUT2D eigenvalue weighted by Crippen LogP contribution is -2.43. The minimum absolute atomic E-state index is 0.127. The third-order valence-corrected chi connectivity index (χ3v) is 16.4. The first-order chi connectivity index (χ1) is 17.9. The van der Waals surface area contributed by atoms with Gasteiger partial charge in [-0.3, -0.25) is 4.79 Å². The Morgan fingerprint density at radius 2 is 1.51 bits per heavy atom. The second-order valence-corrected chi connectivity index (χ2v) is 22.9. The summed E-state index contributed by atoms with van der Waals surface area (Å²) in [6.07, 6.45) is 2.69. The Labute approximate surface area is 244 Å². The fourth-order valence-electron chi connectivity index (χ4n) is 3.59. The molecule has 1 amide bonds. The van der Waals surface area contributed by atoms with Gasteiger partial charge in [-0.2, -0.15) is 0 Å². The summed E-state index contributed by atoms with van der Waals surface area (Å²) in [7, 11) is -4.19. The van der Waals surface area contributed by atoms with Crippen LogP contribution in [0.1, 0.15) is 45.7 Å². The van der Waals surface area contributed by atoms with Crippen molar-refractivity contribution in [3.8, 4) is 17.0 Å². The van der Waals surface area contributed by atoms with E-state index in [-0.39, 0.29) is 22.4 Å². The van der Waals surface area contributed by atoms with Gasteiger partial charge >= 0.3 is 0 Å². The zero-order valence-electron chi connectivity index (χ0n) is 24.6. The van der Waals surface area contributed by atoms with E-state index in [9.17, 15) is 9.59 Å². The van der Waals surface area contributed by atoms with Crippen LogP contribution in [0, 0.1) is 0 Å². The van der Waals surface area contributed by atoms with Crippen LogP contribution in [0.2, 0.25) is 36.3 Å². The Kier molecular flexibility index (Phi) is 9.31. The molecule has 0 aliphatic carbocycles. The lowest BCUT2D eigenvalue weighted by Gasteiger charge is -2.36.